The largest absolute Gasteiger partial charge is 0.398 e. The molecule has 0 unspecified atom stereocenters. The number of anilines is 1. The summed E-state index contributed by atoms with van der Waals surface area (Å²) in [5.74, 6) is 0. The second-order valence-electron chi connectivity index (χ2n) is 2.46. The average Bonchev–Trinajstić information content (AvgIpc) is 2.01. The van der Waals surface area contributed by atoms with E-state index in [0.29, 0.717) is 0 Å². The Balaban J connectivity index is 3.52. The number of hydrogen-bond acceptors (Lipinski definition) is 4. The van der Waals surface area contributed by atoms with E-state index in [4.69, 9.17) is 5.73 Å². The van der Waals surface area contributed by atoms with Crippen molar-refractivity contribution in [1.29, 1.82) is 0 Å². The van der Waals surface area contributed by atoms with Crippen LogP contribution in [0.1, 0.15) is 12.0 Å². The van der Waals surface area contributed by atoms with Crippen LogP contribution in [-0.2, 0) is 10.0 Å². The molecule has 8 heteroatoms. The Hall–Kier alpha value is -1.28. The van der Waals surface area contributed by atoms with Crippen molar-refractivity contribution in [2.24, 2.45) is 5.14 Å². The summed E-state index contributed by atoms with van der Waals surface area (Å²) in [5, 5.41) is 3.80. The minimum absolute atomic E-state index is 0.348. The van der Waals surface area contributed by atoms with Crippen LogP contribution in [0.3, 0.4) is 0 Å². The van der Waals surface area contributed by atoms with E-state index in [-0.39, 0.29) is 5.69 Å². The van der Waals surface area contributed by atoms with Crippen molar-refractivity contribution in [3.05, 3.63) is 17.8 Å². The summed E-state index contributed by atoms with van der Waals surface area (Å²) in [7, 11) is -4.27. The van der Waals surface area contributed by atoms with Crippen LogP contribution in [0, 0.1) is 0 Å². The predicted molar refractivity (Wildman–Crippen MR) is 45.0 cm³/mol. The summed E-state index contributed by atoms with van der Waals surface area (Å²) >= 11 is 0. The van der Waals surface area contributed by atoms with Crippen molar-refractivity contribution in [2.45, 2.75) is 11.5 Å². The van der Waals surface area contributed by atoms with Crippen LogP contribution < -0.4 is 10.9 Å². The highest BCUT2D eigenvalue weighted by Crippen LogP contribution is 2.28. The lowest BCUT2D eigenvalue weighted by atomic mass is 10.2. The summed E-state index contributed by atoms with van der Waals surface area (Å²) in [4.78, 5) is 3.26. The van der Waals surface area contributed by atoms with Crippen LogP contribution in [0.4, 0.5) is 14.5 Å². The molecular weight excluding hydrogens is 216 g/mol. The zero-order valence-corrected chi connectivity index (χ0v) is 7.63. The molecule has 0 atom stereocenters. The number of pyridine rings is 1. The first-order valence-electron chi connectivity index (χ1n) is 3.39. The van der Waals surface area contributed by atoms with E-state index in [9.17, 15) is 17.2 Å². The van der Waals surface area contributed by atoms with Gasteiger partial charge in [-0.2, -0.15) is 0 Å². The fourth-order valence-electron chi connectivity index (χ4n) is 0.914. The maximum absolute atomic E-state index is 12.4. The van der Waals surface area contributed by atoms with Crippen LogP contribution in [-0.4, -0.2) is 13.4 Å². The van der Waals surface area contributed by atoms with Crippen molar-refractivity contribution in [3.63, 3.8) is 0 Å². The van der Waals surface area contributed by atoms with E-state index < -0.39 is 27.0 Å². The summed E-state index contributed by atoms with van der Waals surface area (Å²) < 4.78 is 46.4. The van der Waals surface area contributed by atoms with E-state index in [1.165, 1.54) is 0 Å². The molecule has 0 aliphatic carbocycles. The van der Waals surface area contributed by atoms with Crippen LogP contribution in [0.5, 0.6) is 0 Å². The van der Waals surface area contributed by atoms with Gasteiger partial charge in [-0.3, -0.25) is 0 Å². The Bertz CT molecular complexity index is 446. The predicted octanol–water partition coefficient (Wildman–Crippen LogP) is 0.249. The van der Waals surface area contributed by atoms with E-state index in [1.54, 1.807) is 0 Å². The van der Waals surface area contributed by atoms with Crippen LogP contribution in [0.25, 0.3) is 0 Å². The van der Waals surface area contributed by atoms with Gasteiger partial charge in [0, 0.05) is 11.9 Å². The molecule has 14 heavy (non-hydrogen) atoms. The van der Waals surface area contributed by atoms with Gasteiger partial charge >= 0.3 is 0 Å². The normalized spacial score (nSPS) is 12.0. The fourth-order valence-corrected chi connectivity index (χ4v) is 1.64. The second-order valence-corrected chi connectivity index (χ2v) is 3.94. The third-order valence-corrected chi connectivity index (χ3v) is 2.34. The Labute approximate surface area is 78.8 Å². The average molecular weight is 223 g/mol. The number of rotatable bonds is 2. The number of nitrogens with two attached hydrogens (primary N) is 2. The van der Waals surface area contributed by atoms with Gasteiger partial charge in [0.2, 0.25) is 0 Å². The number of sulfonamides is 1. The van der Waals surface area contributed by atoms with Gasteiger partial charge in [0.1, 0.15) is 0 Å². The molecule has 0 aromatic carbocycles. The van der Waals surface area contributed by atoms with E-state index in [2.05, 4.69) is 10.1 Å². The van der Waals surface area contributed by atoms with Gasteiger partial charge in [-0.15, -0.1) is 0 Å². The van der Waals surface area contributed by atoms with Crippen molar-refractivity contribution < 1.29 is 17.2 Å². The topological polar surface area (TPSA) is 99.1 Å². The second kappa shape index (κ2) is 3.46. The molecular formula is C6H7F2N3O2S. The molecule has 0 aliphatic rings. The summed E-state index contributed by atoms with van der Waals surface area (Å²) in [6.07, 6.45) is -2.03. The Morgan fingerprint density at radius 1 is 1.43 bits per heavy atom. The molecule has 0 aliphatic heterocycles. The first-order valence-corrected chi connectivity index (χ1v) is 4.94. The van der Waals surface area contributed by atoms with E-state index in [0.717, 1.165) is 12.3 Å². The van der Waals surface area contributed by atoms with Crippen molar-refractivity contribution >= 4 is 15.7 Å². The zero-order valence-electron chi connectivity index (χ0n) is 6.81. The lowest BCUT2D eigenvalue weighted by Gasteiger charge is -2.07. The molecule has 0 spiro atoms. The van der Waals surface area contributed by atoms with E-state index >= 15 is 0 Å². The Morgan fingerprint density at radius 2 is 2.00 bits per heavy atom. The number of halogens is 2. The summed E-state index contributed by atoms with van der Waals surface area (Å²) in [6.45, 7) is 0. The first-order chi connectivity index (χ1) is 6.34. The van der Waals surface area contributed by atoms with Gasteiger partial charge in [0.05, 0.1) is 5.56 Å². The molecule has 1 rings (SSSR count). The first kappa shape index (κ1) is 10.8. The van der Waals surface area contributed by atoms with Crippen LogP contribution >= 0.6 is 0 Å². The minimum Gasteiger partial charge on any atom is -0.398 e. The summed E-state index contributed by atoms with van der Waals surface area (Å²) in [6, 6.07) is 1.08. The maximum atomic E-state index is 12.4. The monoisotopic (exact) mass is 223 g/mol. The number of alkyl halides is 2. The molecule has 0 radical (unpaired) electrons. The maximum Gasteiger partial charge on any atom is 0.268 e. The highest BCUT2D eigenvalue weighted by Gasteiger charge is 2.24. The molecule has 4 N–H and O–H groups in total. The number of primary sulfonamides is 1. The Morgan fingerprint density at radius 3 is 2.36 bits per heavy atom. The molecule has 0 amide bonds. The van der Waals surface area contributed by atoms with Gasteiger partial charge in [-0.25, -0.2) is 27.3 Å². The standard InChI is InChI=1S/C6H7F2N3O2S/c7-5(8)4-3(9)1-2-11-6(4)14(10,12)13/h1-2,5H,(H2,9,11)(H2,10,12,13). The van der Waals surface area contributed by atoms with Crippen LogP contribution in [0.2, 0.25) is 0 Å². The van der Waals surface area contributed by atoms with Gasteiger partial charge < -0.3 is 5.73 Å². The third kappa shape index (κ3) is 1.96. The third-order valence-electron chi connectivity index (χ3n) is 1.48. The lowest BCUT2D eigenvalue weighted by Crippen LogP contribution is -2.17. The fraction of sp³-hybridized carbons (Fsp3) is 0.167. The molecule has 1 aromatic heterocycles. The van der Waals surface area contributed by atoms with Gasteiger partial charge in [-0.1, -0.05) is 0 Å². The molecule has 78 valence electrons. The molecule has 1 heterocycles. The highest BCUT2D eigenvalue weighted by atomic mass is 32.2. The van der Waals surface area contributed by atoms with E-state index in [1.807, 2.05) is 0 Å². The van der Waals surface area contributed by atoms with Gasteiger partial charge in [0.15, 0.2) is 5.03 Å². The van der Waals surface area contributed by atoms with Gasteiger partial charge in [-0.05, 0) is 6.07 Å². The number of aromatic nitrogens is 1. The molecule has 0 saturated carbocycles. The molecule has 1 aromatic rings. The molecule has 0 saturated heterocycles. The lowest BCUT2D eigenvalue weighted by molar-refractivity contribution is 0.148. The quantitative estimate of drug-likeness (QED) is 0.750. The number of nitrogens with zero attached hydrogens (tertiary/aromatic N) is 1. The van der Waals surface area contributed by atoms with Crippen molar-refractivity contribution in [3.8, 4) is 0 Å². The van der Waals surface area contributed by atoms with Gasteiger partial charge in [0.25, 0.3) is 16.4 Å². The number of nitrogen functional groups attached to an aromatic ring is 1. The van der Waals surface area contributed by atoms with Crippen molar-refractivity contribution in [1.82, 2.24) is 4.98 Å². The molecule has 0 bridgehead atoms. The molecule has 5 nitrogen and oxygen atoms in total. The minimum atomic E-state index is -4.27. The van der Waals surface area contributed by atoms with Crippen LogP contribution in [0.15, 0.2) is 17.3 Å². The highest BCUT2D eigenvalue weighted by molar-refractivity contribution is 7.89. The SMILES string of the molecule is Nc1ccnc(S(N)(=O)=O)c1C(F)F. The van der Waals surface area contributed by atoms with Crippen molar-refractivity contribution in [2.75, 3.05) is 5.73 Å². The Kier molecular flexibility index (Phi) is 2.67. The molecule has 0 fully saturated rings. The number of hydrogen-bond donors (Lipinski definition) is 2. The zero-order chi connectivity index (χ0) is 10.9. The smallest absolute Gasteiger partial charge is 0.268 e. The summed E-state index contributed by atoms with van der Waals surface area (Å²) in [5.41, 5.74) is 3.98.